The Labute approximate surface area is 126 Å². The van der Waals surface area contributed by atoms with Crippen LogP contribution in [0.5, 0.6) is 0 Å². The standard InChI is InChI=1S/C15H15BrN2O2/c16-12-6-2-1-5-11(12)9-18(10-15(19)20)14-8-4-3-7-13(14)17/h1-8H,9-10,17H2,(H,19,20). The van der Waals surface area contributed by atoms with Crippen LogP contribution in [0.1, 0.15) is 5.56 Å². The molecule has 0 saturated heterocycles. The smallest absolute Gasteiger partial charge is 0.323 e. The van der Waals surface area contributed by atoms with Gasteiger partial charge in [0.1, 0.15) is 6.54 Å². The zero-order valence-electron chi connectivity index (χ0n) is 10.8. The van der Waals surface area contributed by atoms with Gasteiger partial charge < -0.3 is 15.7 Å². The summed E-state index contributed by atoms with van der Waals surface area (Å²) in [5.74, 6) is -0.889. The molecule has 0 fully saturated rings. The molecule has 0 heterocycles. The molecule has 2 aromatic rings. The average Bonchev–Trinajstić information content (AvgIpc) is 2.40. The maximum absolute atomic E-state index is 11.1. The molecule has 4 nitrogen and oxygen atoms in total. The van der Waals surface area contributed by atoms with E-state index in [1.165, 1.54) is 0 Å². The monoisotopic (exact) mass is 334 g/mol. The van der Waals surface area contributed by atoms with Gasteiger partial charge in [-0.05, 0) is 23.8 Å². The second kappa shape index (κ2) is 6.43. The highest BCUT2D eigenvalue weighted by atomic mass is 79.9. The fourth-order valence-electron chi connectivity index (χ4n) is 2.00. The number of benzene rings is 2. The van der Waals surface area contributed by atoms with Crippen LogP contribution in [0.15, 0.2) is 53.0 Å². The Hall–Kier alpha value is -2.01. The number of anilines is 2. The number of nitrogen functional groups attached to an aromatic ring is 1. The fourth-order valence-corrected chi connectivity index (χ4v) is 2.41. The van der Waals surface area contributed by atoms with Crippen molar-refractivity contribution in [3.8, 4) is 0 Å². The molecule has 0 atom stereocenters. The van der Waals surface area contributed by atoms with E-state index in [9.17, 15) is 4.79 Å². The van der Waals surface area contributed by atoms with Crippen molar-refractivity contribution in [1.82, 2.24) is 0 Å². The summed E-state index contributed by atoms with van der Waals surface area (Å²) in [4.78, 5) is 12.8. The van der Waals surface area contributed by atoms with E-state index in [-0.39, 0.29) is 6.54 Å². The third kappa shape index (κ3) is 3.51. The minimum absolute atomic E-state index is 0.102. The number of hydrogen-bond donors (Lipinski definition) is 2. The van der Waals surface area contributed by atoms with E-state index in [1.807, 2.05) is 42.5 Å². The molecule has 20 heavy (non-hydrogen) atoms. The Morgan fingerprint density at radius 3 is 2.45 bits per heavy atom. The molecule has 0 aliphatic rings. The van der Waals surface area contributed by atoms with E-state index in [0.717, 1.165) is 15.7 Å². The number of carboxylic acids is 1. The summed E-state index contributed by atoms with van der Waals surface area (Å²) in [6.45, 7) is 0.373. The van der Waals surface area contributed by atoms with Crippen LogP contribution in [0.2, 0.25) is 0 Å². The van der Waals surface area contributed by atoms with Crippen LogP contribution in [-0.2, 0) is 11.3 Å². The van der Waals surface area contributed by atoms with E-state index in [4.69, 9.17) is 10.8 Å². The molecule has 3 N–H and O–H groups in total. The first-order chi connectivity index (χ1) is 9.58. The van der Waals surface area contributed by atoms with Gasteiger partial charge in [0.2, 0.25) is 0 Å². The lowest BCUT2D eigenvalue weighted by atomic mass is 10.2. The van der Waals surface area contributed by atoms with Crippen molar-refractivity contribution in [2.45, 2.75) is 6.54 Å². The van der Waals surface area contributed by atoms with Crippen molar-refractivity contribution >= 4 is 33.3 Å². The number of halogens is 1. The molecule has 0 saturated carbocycles. The molecule has 0 aromatic heterocycles. The Bertz CT molecular complexity index is 616. The SMILES string of the molecule is Nc1ccccc1N(CC(=O)O)Cc1ccccc1Br. The highest BCUT2D eigenvalue weighted by molar-refractivity contribution is 9.10. The van der Waals surface area contributed by atoms with Crippen molar-refractivity contribution in [3.63, 3.8) is 0 Å². The van der Waals surface area contributed by atoms with Gasteiger partial charge in [0, 0.05) is 11.0 Å². The highest BCUT2D eigenvalue weighted by Gasteiger charge is 2.14. The molecule has 0 amide bonds. The first-order valence-electron chi connectivity index (χ1n) is 6.12. The first-order valence-corrected chi connectivity index (χ1v) is 6.92. The second-order valence-electron chi connectivity index (χ2n) is 4.40. The molecular weight excluding hydrogens is 320 g/mol. The van der Waals surface area contributed by atoms with E-state index in [2.05, 4.69) is 15.9 Å². The van der Waals surface area contributed by atoms with Gasteiger partial charge in [0.25, 0.3) is 0 Å². The predicted octanol–water partition coefficient (Wildman–Crippen LogP) is 3.12. The van der Waals surface area contributed by atoms with Gasteiger partial charge in [-0.1, -0.05) is 46.3 Å². The minimum atomic E-state index is -0.889. The molecule has 2 rings (SSSR count). The maximum Gasteiger partial charge on any atom is 0.323 e. The zero-order valence-corrected chi connectivity index (χ0v) is 12.4. The Balaban J connectivity index is 2.32. The molecule has 2 aromatic carbocycles. The summed E-state index contributed by atoms with van der Waals surface area (Å²) in [6.07, 6.45) is 0. The average molecular weight is 335 g/mol. The van der Waals surface area contributed by atoms with Gasteiger partial charge in [0.05, 0.1) is 11.4 Å². The molecule has 0 radical (unpaired) electrons. The highest BCUT2D eigenvalue weighted by Crippen LogP contribution is 2.26. The number of rotatable bonds is 5. The van der Waals surface area contributed by atoms with Crippen LogP contribution in [0, 0.1) is 0 Å². The maximum atomic E-state index is 11.1. The van der Waals surface area contributed by atoms with Crippen molar-refractivity contribution < 1.29 is 9.90 Å². The minimum Gasteiger partial charge on any atom is -0.480 e. The summed E-state index contributed by atoms with van der Waals surface area (Å²) in [7, 11) is 0. The molecule has 0 aliphatic carbocycles. The molecule has 0 aliphatic heterocycles. The van der Waals surface area contributed by atoms with E-state index < -0.39 is 5.97 Å². The van der Waals surface area contributed by atoms with Crippen LogP contribution < -0.4 is 10.6 Å². The molecule has 104 valence electrons. The number of carbonyl (C=O) groups is 1. The van der Waals surface area contributed by atoms with Gasteiger partial charge in [-0.3, -0.25) is 4.79 Å². The number of carboxylic acid groups (broad SMARTS) is 1. The number of nitrogens with two attached hydrogens (primary N) is 1. The van der Waals surface area contributed by atoms with Crippen LogP contribution in [0.25, 0.3) is 0 Å². The number of nitrogens with zero attached hydrogens (tertiary/aromatic N) is 1. The quantitative estimate of drug-likeness (QED) is 0.824. The van der Waals surface area contributed by atoms with Gasteiger partial charge in [0.15, 0.2) is 0 Å². The van der Waals surface area contributed by atoms with Crippen LogP contribution >= 0.6 is 15.9 Å². The van der Waals surface area contributed by atoms with E-state index in [0.29, 0.717) is 12.2 Å². The third-order valence-electron chi connectivity index (χ3n) is 2.92. The topological polar surface area (TPSA) is 66.6 Å². The van der Waals surface area contributed by atoms with Gasteiger partial charge in [-0.2, -0.15) is 0 Å². The number of para-hydroxylation sites is 2. The van der Waals surface area contributed by atoms with Gasteiger partial charge >= 0.3 is 5.97 Å². The van der Waals surface area contributed by atoms with Crippen molar-refractivity contribution in [2.24, 2.45) is 0 Å². The first kappa shape index (κ1) is 14.4. The van der Waals surface area contributed by atoms with Gasteiger partial charge in [-0.15, -0.1) is 0 Å². The zero-order chi connectivity index (χ0) is 14.5. The molecule has 0 spiro atoms. The summed E-state index contributed by atoms with van der Waals surface area (Å²) >= 11 is 3.48. The van der Waals surface area contributed by atoms with Crippen LogP contribution in [0.4, 0.5) is 11.4 Å². The lowest BCUT2D eigenvalue weighted by Crippen LogP contribution is -2.29. The third-order valence-corrected chi connectivity index (χ3v) is 3.70. The lowest BCUT2D eigenvalue weighted by Gasteiger charge is -2.25. The molecule has 0 unspecified atom stereocenters. The Kier molecular flexibility index (Phi) is 4.63. The number of aliphatic carboxylic acids is 1. The summed E-state index contributed by atoms with van der Waals surface area (Å²) in [5, 5.41) is 9.09. The molecule has 5 heteroatoms. The van der Waals surface area contributed by atoms with Crippen molar-refractivity contribution in [1.29, 1.82) is 0 Å². The van der Waals surface area contributed by atoms with Gasteiger partial charge in [-0.25, -0.2) is 0 Å². The lowest BCUT2D eigenvalue weighted by molar-refractivity contribution is -0.135. The number of hydrogen-bond acceptors (Lipinski definition) is 3. The van der Waals surface area contributed by atoms with Crippen LogP contribution in [0.3, 0.4) is 0 Å². The van der Waals surface area contributed by atoms with E-state index >= 15 is 0 Å². The molecular formula is C15H15BrN2O2. The second-order valence-corrected chi connectivity index (χ2v) is 5.25. The summed E-state index contributed by atoms with van der Waals surface area (Å²) < 4.78 is 0.949. The largest absolute Gasteiger partial charge is 0.480 e. The Morgan fingerprint density at radius 1 is 1.15 bits per heavy atom. The summed E-state index contributed by atoms with van der Waals surface area (Å²) in [6, 6.07) is 15.0. The van der Waals surface area contributed by atoms with Crippen molar-refractivity contribution in [2.75, 3.05) is 17.2 Å². The fraction of sp³-hybridized carbons (Fsp3) is 0.133. The normalized spacial score (nSPS) is 10.2. The Morgan fingerprint density at radius 2 is 1.80 bits per heavy atom. The summed E-state index contributed by atoms with van der Waals surface area (Å²) in [5.41, 5.74) is 8.25. The predicted molar refractivity (Wildman–Crippen MR) is 83.7 cm³/mol. The van der Waals surface area contributed by atoms with E-state index in [1.54, 1.807) is 11.0 Å². The van der Waals surface area contributed by atoms with Crippen molar-refractivity contribution in [3.05, 3.63) is 58.6 Å². The van der Waals surface area contributed by atoms with Crippen LogP contribution in [-0.4, -0.2) is 17.6 Å². The molecule has 0 bridgehead atoms.